The highest BCUT2D eigenvalue weighted by atomic mass is 16.5. The molecule has 0 aromatic carbocycles. The average Bonchev–Trinajstić information content (AvgIpc) is 2.19. The Morgan fingerprint density at radius 3 is 2.81 bits per heavy atom. The number of nitrogens with zero attached hydrogens (tertiary/aromatic N) is 1. The van der Waals surface area contributed by atoms with Crippen LogP contribution in [0.15, 0.2) is 35.2 Å². The number of hydrogen-bond acceptors (Lipinski definition) is 4. The Balaban J connectivity index is 2.65. The summed E-state index contributed by atoms with van der Waals surface area (Å²) >= 11 is 0. The number of carbonyl (C=O) groups excluding carboxylic acids is 2. The lowest BCUT2D eigenvalue weighted by Crippen LogP contribution is -2.35. The van der Waals surface area contributed by atoms with Crippen molar-refractivity contribution in [1.82, 2.24) is 4.90 Å². The minimum absolute atomic E-state index is 0.135. The van der Waals surface area contributed by atoms with Crippen LogP contribution in [0.3, 0.4) is 0 Å². The van der Waals surface area contributed by atoms with Crippen molar-refractivity contribution in [3.8, 4) is 0 Å². The molecule has 2 aliphatic heterocycles. The van der Waals surface area contributed by atoms with Crippen LogP contribution >= 0.6 is 0 Å². The third-order valence-corrected chi connectivity index (χ3v) is 2.73. The van der Waals surface area contributed by atoms with E-state index >= 15 is 0 Å². The number of esters is 1. The van der Waals surface area contributed by atoms with Gasteiger partial charge in [-0.3, -0.25) is 4.79 Å². The van der Waals surface area contributed by atoms with E-state index < -0.39 is 5.97 Å². The number of hydrogen-bond donors (Lipinski definition) is 0. The molecular weight excluding hydrogens is 206 g/mol. The van der Waals surface area contributed by atoms with Crippen molar-refractivity contribution in [2.75, 3.05) is 7.05 Å². The van der Waals surface area contributed by atoms with Crippen LogP contribution < -0.4 is 0 Å². The molecule has 0 bridgehead atoms. The smallest absolute Gasteiger partial charge is 0.344 e. The first-order valence-corrected chi connectivity index (χ1v) is 5.10. The first kappa shape index (κ1) is 10.7. The maximum Gasteiger partial charge on any atom is 0.344 e. The summed E-state index contributed by atoms with van der Waals surface area (Å²) in [4.78, 5) is 24.9. The summed E-state index contributed by atoms with van der Waals surface area (Å²) in [7, 11) is 1.81. The van der Waals surface area contributed by atoms with Crippen LogP contribution in [0, 0.1) is 0 Å². The Bertz CT molecular complexity index is 457. The van der Waals surface area contributed by atoms with Gasteiger partial charge < -0.3 is 9.64 Å². The first-order valence-electron chi connectivity index (χ1n) is 5.10. The van der Waals surface area contributed by atoms with E-state index in [1.54, 1.807) is 11.8 Å². The molecule has 0 saturated heterocycles. The minimum Gasteiger partial charge on any atom is -0.454 e. The van der Waals surface area contributed by atoms with E-state index in [0.717, 1.165) is 5.57 Å². The first-order chi connectivity index (χ1) is 7.52. The molecule has 2 aliphatic rings. The number of fused-ring (bicyclic) bond motifs is 1. The van der Waals surface area contributed by atoms with Gasteiger partial charge >= 0.3 is 5.97 Å². The van der Waals surface area contributed by atoms with Gasteiger partial charge in [0.2, 0.25) is 0 Å². The van der Waals surface area contributed by atoms with Gasteiger partial charge in [0.25, 0.3) is 0 Å². The summed E-state index contributed by atoms with van der Waals surface area (Å²) in [6.45, 7) is 3.18. The predicted octanol–water partition coefficient (Wildman–Crippen LogP) is 1.16. The molecule has 0 radical (unpaired) electrons. The van der Waals surface area contributed by atoms with Crippen molar-refractivity contribution in [2.45, 2.75) is 20.0 Å². The van der Waals surface area contributed by atoms with Gasteiger partial charge in [-0.25, -0.2) is 4.79 Å². The Kier molecular flexibility index (Phi) is 2.42. The normalized spacial score (nSPS) is 23.9. The highest BCUT2D eigenvalue weighted by Gasteiger charge is 2.35. The second-order valence-corrected chi connectivity index (χ2v) is 3.90. The van der Waals surface area contributed by atoms with E-state index in [1.807, 2.05) is 25.4 Å². The van der Waals surface area contributed by atoms with E-state index in [9.17, 15) is 9.59 Å². The van der Waals surface area contributed by atoms with Gasteiger partial charge in [-0.15, -0.1) is 0 Å². The standard InChI is InChI=1S/C12H13NO3/c1-7(14)10-11-9(5-4-6-13(11)3)8(2)16-12(10)15/h4-6,8H,1-3H3. The molecule has 1 unspecified atom stereocenters. The van der Waals surface area contributed by atoms with Gasteiger partial charge in [0.15, 0.2) is 5.78 Å². The number of likely N-dealkylation sites (N-methyl/N-ethyl adjacent to an activating group) is 1. The molecule has 0 amide bonds. The summed E-state index contributed by atoms with van der Waals surface area (Å²) < 4.78 is 5.13. The third-order valence-electron chi connectivity index (χ3n) is 2.73. The van der Waals surface area contributed by atoms with E-state index in [2.05, 4.69) is 0 Å². The van der Waals surface area contributed by atoms with Crippen molar-refractivity contribution >= 4 is 11.8 Å². The topological polar surface area (TPSA) is 46.6 Å². The molecule has 0 aromatic heterocycles. The third kappa shape index (κ3) is 1.46. The number of ether oxygens (including phenoxy) is 1. The van der Waals surface area contributed by atoms with Gasteiger partial charge in [0, 0.05) is 18.8 Å². The van der Waals surface area contributed by atoms with E-state index in [4.69, 9.17) is 4.74 Å². The molecule has 0 N–H and O–H groups in total. The van der Waals surface area contributed by atoms with Gasteiger partial charge in [-0.1, -0.05) is 6.08 Å². The lowest BCUT2D eigenvalue weighted by Gasteiger charge is -2.32. The molecule has 0 aromatic rings. The van der Waals surface area contributed by atoms with Crippen LogP contribution in [0.25, 0.3) is 0 Å². The van der Waals surface area contributed by atoms with Crippen LogP contribution in [0.2, 0.25) is 0 Å². The van der Waals surface area contributed by atoms with Crippen LogP contribution in [0.5, 0.6) is 0 Å². The second kappa shape index (κ2) is 3.63. The molecule has 0 saturated carbocycles. The Labute approximate surface area is 93.9 Å². The molecule has 4 heteroatoms. The Morgan fingerprint density at radius 2 is 2.19 bits per heavy atom. The van der Waals surface area contributed by atoms with E-state index in [0.29, 0.717) is 5.70 Å². The maximum absolute atomic E-state index is 11.7. The summed E-state index contributed by atoms with van der Waals surface area (Å²) in [5, 5.41) is 0. The largest absolute Gasteiger partial charge is 0.454 e. The van der Waals surface area contributed by atoms with E-state index in [1.165, 1.54) is 6.92 Å². The monoisotopic (exact) mass is 219 g/mol. The van der Waals surface area contributed by atoms with Crippen molar-refractivity contribution in [3.63, 3.8) is 0 Å². The van der Waals surface area contributed by atoms with Crippen molar-refractivity contribution < 1.29 is 14.3 Å². The number of allylic oxidation sites excluding steroid dienone is 2. The quantitative estimate of drug-likeness (QED) is 0.490. The summed E-state index contributed by atoms with van der Waals surface area (Å²) in [6, 6.07) is 0. The predicted molar refractivity (Wildman–Crippen MR) is 58.2 cm³/mol. The molecule has 0 aliphatic carbocycles. The van der Waals surface area contributed by atoms with Gasteiger partial charge in [0.05, 0.1) is 5.70 Å². The van der Waals surface area contributed by atoms with Crippen LogP contribution in [-0.4, -0.2) is 29.8 Å². The van der Waals surface area contributed by atoms with Crippen LogP contribution in [0.1, 0.15) is 13.8 Å². The Morgan fingerprint density at radius 1 is 1.50 bits per heavy atom. The molecular formula is C12H13NO3. The molecule has 16 heavy (non-hydrogen) atoms. The average molecular weight is 219 g/mol. The zero-order valence-corrected chi connectivity index (χ0v) is 9.48. The number of carbonyl (C=O) groups is 2. The zero-order chi connectivity index (χ0) is 11.9. The second-order valence-electron chi connectivity index (χ2n) is 3.90. The highest BCUT2D eigenvalue weighted by molar-refractivity contribution is 6.18. The number of ketones is 1. The van der Waals surface area contributed by atoms with Gasteiger partial charge in [-0.2, -0.15) is 0 Å². The fourth-order valence-electron chi connectivity index (χ4n) is 1.97. The van der Waals surface area contributed by atoms with E-state index in [-0.39, 0.29) is 17.5 Å². The number of Topliss-reactive ketones (excluding diaryl/α,β-unsaturated/α-hetero) is 1. The van der Waals surface area contributed by atoms with Crippen molar-refractivity contribution in [3.05, 3.63) is 35.2 Å². The molecule has 1 atom stereocenters. The molecule has 0 spiro atoms. The zero-order valence-electron chi connectivity index (χ0n) is 9.48. The maximum atomic E-state index is 11.7. The van der Waals surface area contributed by atoms with Crippen molar-refractivity contribution in [1.29, 1.82) is 0 Å². The number of cyclic esters (lactones) is 1. The van der Waals surface area contributed by atoms with Gasteiger partial charge in [0.1, 0.15) is 11.7 Å². The fraction of sp³-hybridized carbons (Fsp3) is 0.333. The SMILES string of the molecule is CC(=O)C1=C2C(=CC=CN2C)C(C)OC1=O. The molecule has 2 rings (SSSR count). The summed E-state index contributed by atoms with van der Waals surface area (Å²) in [6.07, 6.45) is 5.24. The molecule has 4 nitrogen and oxygen atoms in total. The minimum atomic E-state index is -0.533. The number of rotatable bonds is 1. The molecule has 84 valence electrons. The summed E-state index contributed by atoms with van der Waals surface area (Å²) in [5.41, 5.74) is 1.67. The van der Waals surface area contributed by atoms with Gasteiger partial charge in [-0.05, 0) is 19.9 Å². The van der Waals surface area contributed by atoms with Crippen LogP contribution in [-0.2, 0) is 14.3 Å². The lowest BCUT2D eigenvalue weighted by atomic mass is 9.94. The molecule has 0 fully saturated rings. The fourth-order valence-corrected chi connectivity index (χ4v) is 1.97. The van der Waals surface area contributed by atoms with Crippen LogP contribution in [0.4, 0.5) is 0 Å². The molecule has 2 heterocycles. The summed E-state index contributed by atoms with van der Waals surface area (Å²) in [5.74, 6) is -0.797. The van der Waals surface area contributed by atoms with Crippen molar-refractivity contribution in [2.24, 2.45) is 0 Å². The highest BCUT2D eigenvalue weighted by Crippen LogP contribution is 2.31. The lowest BCUT2D eigenvalue weighted by molar-refractivity contribution is -0.144. The Hall–Kier alpha value is -1.84.